The second-order valence-corrected chi connectivity index (χ2v) is 7.23. The van der Waals surface area contributed by atoms with Crippen LogP contribution in [0.3, 0.4) is 0 Å². The number of aromatic nitrogens is 2. The first-order valence-corrected chi connectivity index (χ1v) is 9.12. The number of carbonyl (C=O) groups excluding carboxylic acids is 2. The van der Waals surface area contributed by atoms with Gasteiger partial charge in [0.25, 0.3) is 0 Å². The first kappa shape index (κ1) is 16.9. The number of nitrogens with one attached hydrogen (secondary N) is 2. The maximum atomic E-state index is 12.3. The number of hydrogen-bond donors (Lipinski definition) is 2. The van der Waals surface area contributed by atoms with E-state index in [-0.39, 0.29) is 17.9 Å². The summed E-state index contributed by atoms with van der Waals surface area (Å²) in [5.41, 5.74) is 1.30. The molecule has 26 heavy (non-hydrogen) atoms. The fourth-order valence-corrected chi connectivity index (χ4v) is 3.47. The minimum atomic E-state index is -0.307. The molecule has 3 amide bonds. The number of urea groups is 1. The normalized spacial score (nSPS) is 19.7. The average molecular weight is 374 g/mol. The third-order valence-electron chi connectivity index (χ3n) is 4.74. The van der Waals surface area contributed by atoms with E-state index in [4.69, 9.17) is 11.6 Å². The monoisotopic (exact) mass is 373 g/mol. The predicted molar refractivity (Wildman–Crippen MR) is 98.4 cm³/mol. The Morgan fingerprint density at radius 3 is 2.92 bits per heavy atom. The highest BCUT2D eigenvalue weighted by Gasteiger charge is 2.39. The van der Waals surface area contributed by atoms with Gasteiger partial charge in [-0.25, -0.2) is 9.48 Å². The van der Waals surface area contributed by atoms with Crippen molar-refractivity contribution in [3.63, 3.8) is 0 Å². The third-order valence-corrected chi connectivity index (χ3v) is 4.97. The fraction of sp³-hybridized carbons (Fsp3) is 0.389. The molecule has 136 valence electrons. The highest BCUT2D eigenvalue weighted by atomic mass is 35.5. The molecule has 2 aliphatic rings. The summed E-state index contributed by atoms with van der Waals surface area (Å²) in [6.07, 6.45) is 6.17. The molecule has 7 nitrogen and oxygen atoms in total. The van der Waals surface area contributed by atoms with E-state index in [2.05, 4.69) is 15.7 Å². The zero-order valence-corrected chi connectivity index (χ0v) is 14.9. The molecule has 1 unspecified atom stereocenters. The highest BCUT2D eigenvalue weighted by Crippen LogP contribution is 2.32. The molecule has 1 aliphatic carbocycles. The molecule has 1 aliphatic heterocycles. The Morgan fingerprint density at radius 1 is 1.35 bits per heavy atom. The summed E-state index contributed by atoms with van der Waals surface area (Å²) in [4.78, 5) is 26.2. The number of hydrogen-bond acceptors (Lipinski definition) is 3. The van der Waals surface area contributed by atoms with Crippen molar-refractivity contribution in [3.8, 4) is 5.69 Å². The summed E-state index contributed by atoms with van der Waals surface area (Å²) in [5, 5.41) is 10.5. The molecule has 1 saturated heterocycles. The van der Waals surface area contributed by atoms with Gasteiger partial charge in [0.15, 0.2) is 0 Å². The van der Waals surface area contributed by atoms with Gasteiger partial charge in [-0.05, 0) is 37.1 Å². The molecule has 1 saturated carbocycles. The van der Waals surface area contributed by atoms with E-state index in [0.29, 0.717) is 35.4 Å². The van der Waals surface area contributed by atoms with Crippen molar-refractivity contribution in [2.45, 2.75) is 25.3 Å². The van der Waals surface area contributed by atoms with Gasteiger partial charge < -0.3 is 15.5 Å². The van der Waals surface area contributed by atoms with Crippen molar-refractivity contribution in [2.75, 3.05) is 18.4 Å². The zero-order chi connectivity index (χ0) is 18.1. The molecule has 2 aromatic rings. The van der Waals surface area contributed by atoms with E-state index >= 15 is 0 Å². The molecule has 2 N–H and O–H groups in total. The van der Waals surface area contributed by atoms with Crippen molar-refractivity contribution < 1.29 is 9.59 Å². The first-order valence-electron chi connectivity index (χ1n) is 8.74. The standard InChI is InChI=1S/C18H20ClN5O2/c19-13-2-5-15(16(9-13)24-7-1-6-21-24)22-18(26)20-10-12-8-17(25)23(11-12)14-3-4-14/h1-2,5-7,9,12,14H,3-4,8,10-11H2,(H2,20,22,26). The van der Waals surface area contributed by atoms with Crippen molar-refractivity contribution in [1.82, 2.24) is 20.0 Å². The van der Waals surface area contributed by atoms with Gasteiger partial charge in [0.05, 0.1) is 11.4 Å². The maximum absolute atomic E-state index is 12.3. The van der Waals surface area contributed by atoms with Crippen LogP contribution < -0.4 is 10.6 Å². The fourth-order valence-electron chi connectivity index (χ4n) is 3.30. The number of nitrogens with zero attached hydrogens (tertiary/aromatic N) is 3. The summed E-state index contributed by atoms with van der Waals surface area (Å²) in [6, 6.07) is 7.13. The van der Waals surface area contributed by atoms with E-state index < -0.39 is 0 Å². The van der Waals surface area contributed by atoms with Crippen molar-refractivity contribution >= 4 is 29.2 Å². The molecular weight excluding hydrogens is 354 g/mol. The summed E-state index contributed by atoms with van der Waals surface area (Å²) >= 11 is 6.07. The summed E-state index contributed by atoms with van der Waals surface area (Å²) in [7, 11) is 0. The molecule has 4 rings (SSSR count). The average Bonchev–Trinajstić information content (AvgIpc) is 3.17. The molecule has 0 radical (unpaired) electrons. The zero-order valence-electron chi connectivity index (χ0n) is 14.2. The van der Waals surface area contributed by atoms with Crippen LogP contribution in [0.15, 0.2) is 36.7 Å². The van der Waals surface area contributed by atoms with E-state index in [0.717, 1.165) is 19.4 Å². The van der Waals surface area contributed by atoms with E-state index in [9.17, 15) is 9.59 Å². The van der Waals surface area contributed by atoms with Crippen LogP contribution in [0.4, 0.5) is 10.5 Å². The topological polar surface area (TPSA) is 79.3 Å². The summed E-state index contributed by atoms with van der Waals surface area (Å²) < 4.78 is 1.64. The van der Waals surface area contributed by atoms with Crippen molar-refractivity contribution in [1.29, 1.82) is 0 Å². The smallest absolute Gasteiger partial charge is 0.319 e. The van der Waals surface area contributed by atoms with Crippen LogP contribution in [0.25, 0.3) is 5.69 Å². The Labute approximate surface area is 156 Å². The quantitative estimate of drug-likeness (QED) is 0.845. The molecule has 8 heteroatoms. The Morgan fingerprint density at radius 2 is 2.19 bits per heavy atom. The number of halogens is 1. The summed E-state index contributed by atoms with van der Waals surface area (Å²) in [6.45, 7) is 1.22. The highest BCUT2D eigenvalue weighted by molar-refractivity contribution is 6.30. The number of rotatable bonds is 5. The SMILES string of the molecule is O=C(NCC1CC(=O)N(C2CC2)C1)Nc1ccc(Cl)cc1-n1cccn1. The van der Waals surface area contributed by atoms with E-state index in [1.54, 1.807) is 41.3 Å². The largest absolute Gasteiger partial charge is 0.339 e. The number of anilines is 1. The third kappa shape index (κ3) is 3.67. The van der Waals surface area contributed by atoms with Crippen molar-refractivity contribution in [2.24, 2.45) is 5.92 Å². The Hall–Kier alpha value is -2.54. The molecular formula is C18H20ClN5O2. The lowest BCUT2D eigenvalue weighted by Gasteiger charge is -2.16. The van der Waals surface area contributed by atoms with Gasteiger partial charge in [-0.15, -0.1) is 0 Å². The lowest BCUT2D eigenvalue weighted by molar-refractivity contribution is -0.128. The predicted octanol–water partition coefficient (Wildman–Crippen LogP) is 2.66. The first-order chi connectivity index (χ1) is 12.6. The number of amides is 3. The van der Waals surface area contributed by atoms with Gasteiger partial charge in [-0.1, -0.05) is 11.6 Å². The second kappa shape index (κ2) is 6.99. The van der Waals surface area contributed by atoms with Crippen LogP contribution in [-0.2, 0) is 4.79 Å². The molecule has 1 aromatic carbocycles. The van der Waals surface area contributed by atoms with Gasteiger partial charge in [-0.2, -0.15) is 5.10 Å². The Bertz CT molecular complexity index is 819. The number of benzene rings is 1. The van der Waals surface area contributed by atoms with Gasteiger partial charge >= 0.3 is 6.03 Å². The minimum absolute atomic E-state index is 0.171. The molecule has 1 aromatic heterocycles. The molecule has 2 fully saturated rings. The van der Waals surface area contributed by atoms with Gasteiger partial charge in [0.1, 0.15) is 0 Å². The van der Waals surface area contributed by atoms with Gasteiger partial charge in [0.2, 0.25) is 5.91 Å². The Kier molecular flexibility index (Phi) is 4.55. The molecule has 0 spiro atoms. The van der Waals surface area contributed by atoms with E-state index in [1.807, 2.05) is 4.90 Å². The second-order valence-electron chi connectivity index (χ2n) is 6.79. The molecule has 0 bridgehead atoms. The van der Waals surface area contributed by atoms with Crippen LogP contribution in [0.2, 0.25) is 5.02 Å². The van der Waals surface area contributed by atoms with Crippen LogP contribution in [-0.4, -0.2) is 45.8 Å². The van der Waals surface area contributed by atoms with Crippen molar-refractivity contribution in [3.05, 3.63) is 41.7 Å². The van der Waals surface area contributed by atoms with Crippen LogP contribution in [0.5, 0.6) is 0 Å². The maximum Gasteiger partial charge on any atom is 0.319 e. The summed E-state index contributed by atoms with van der Waals surface area (Å²) in [5.74, 6) is 0.378. The number of likely N-dealkylation sites (tertiary alicyclic amines) is 1. The van der Waals surface area contributed by atoms with Crippen LogP contribution in [0.1, 0.15) is 19.3 Å². The molecule has 2 heterocycles. The number of carbonyl (C=O) groups is 2. The van der Waals surface area contributed by atoms with Gasteiger partial charge in [-0.3, -0.25) is 4.79 Å². The van der Waals surface area contributed by atoms with Gasteiger partial charge in [0, 0.05) is 48.9 Å². The lowest BCUT2D eigenvalue weighted by Crippen LogP contribution is -2.34. The van der Waals surface area contributed by atoms with Crippen LogP contribution in [0, 0.1) is 5.92 Å². The lowest BCUT2D eigenvalue weighted by atomic mass is 10.1. The molecule has 1 atom stereocenters. The van der Waals surface area contributed by atoms with E-state index in [1.165, 1.54) is 0 Å². The Balaban J connectivity index is 1.36. The minimum Gasteiger partial charge on any atom is -0.339 e. The van der Waals surface area contributed by atoms with Crippen LogP contribution >= 0.6 is 11.6 Å².